The summed E-state index contributed by atoms with van der Waals surface area (Å²) in [7, 11) is 0. The highest BCUT2D eigenvalue weighted by Crippen LogP contribution is 2.34. The van der Waals surface area contributed by atoms with Crippen LogP contribution in [0.2, 0.25) is 0 Å². The van der Waals surface area contributed by atoms with Crippen molar-refractivity contribution >= 4 is 6.09 Å². The van der Waals surface area contributed by atoms with Gasteiger partial charge in [-0.15, -0.1) is 0 Å². The van der Waals surface area contributed by atoms with Crippen LogP contribution in [0.15, 0.2) is 6.07 Å². The largest absolute Gasteiger partial charge is 0.493 e. The van der Waals surface area contributed by atoms with Crippen LogP contribution in [-0.2, 0) is 24.0 Å². The van der Waals surface area contributed by atoms with Gasteiger partial charge in [-0.05, 0) is 81.7 Å². The van der Waals surface area contributed by atoms with Crippen molar-refractivity contribution in [1.82, 2.24) is 4.90 Å². The minimum absolute atomic E-state index is 0.205. The van der Waals surface area contributed by atoms with Crippen LogP contribution in [0.25, 0.3) is 0 Å². The van der Waals surface area contributed by atoms with Gasteiger partial charge in [0, 0.05) is 13.1 Å². The summed E-state index contributed by atoms with van der Waals surface area (Å²) in [5.74, 6) is 1.05. The van der Waals surface area contributed by atoms with Crippen molar-refractivity contribution in [1.29, 1.82) is 0 Å². The van der Waals surface area contributed by atoms with Gasteiger partial charge in [-0.3, -0.25) is 0 Å². The molecule has 0 fully saturated rings. The summed E-state index contributed by atoms with van der Waals surface area (Å²) in [5, 5.41) is 0. The molecule has 0 aromatic heterocycles. The van der Waals surface area contributed by atoms with Gasteiger partial charge in [-0.25, -0.2) is 4.79 Å². The molecule has 1 amide bonds. The minimum atomic E-state index is -0.445. The number of carbonyl (C=O) groups excluding carboxylic acids is 1. The second-order valence-corrected chi connectivity index (χ2v) is 7.54. The standard InChI is InChI=1S/C19H27NO3/c1-13-15-8-10-20(18(21)23-19(2,3)4)9-7-14(15)12-17-16(13)6-5-11-22-17/h12H,5-11H2,1-4H3. The molecule has 0 aliphatic carbocycles. The lowest BCUT2D eigenvalue weighted by atomic mass is 9.90. The van der Waals surface area contributed by atoms with Gasteiger partial charge in [0.05, 0.1) is 6.61 Å². The molecule has 2 aliphatic heterocycles. The first-order valence-electron chi connectivity index (χ1n) is 8.60. The van der Waals surface area contributed by atoms with Crippen LogP contribution in [0.5, 0.6) is 5.75 Å². The Morgan fingerprint density at radius 1 is 1.17 bits per heavy atom. The van der Waals surface area contributed by atoms with E-state index in [-0.39, 0.29) is 6.09 Å². The third-order valence-electron chi connectivity index (χ3n) is 4.66. The zero-order valence-corrected chi connectivity index (χ0v) is 14.7. The molecule has 23 heavy (non-hydrogen) atoms. The molecule has 1 aromatic rings. The second kappa shape index (κ2) is 6.06. The van der Waals surface area contributed by atoms with E-state index in [0.717, 1.165) is 44.6 Å². The number of carbonyl (C=O) groups is 1. The van der Waals surface area contributed by atoms with Gasteiger partial charge < -0.3 is 14.4 Å². The molecule has 0 spiro atoms. The van der Waals surface area contributed by atoms with E-state index in [0.29, 0.717) is 6.54 Å². The predicted molar refractivity (Wildman–Crippen MR) is 90.2 cm³/mol. The molecular formula is C19H27NO3. The first-order chi connectivity index (χ1) is 10.8. The molecule has 2 heterocycles. The summed E-state index contributed by atoms with van der Waals surface area (Å²) in [4.78, 5) is 14.2. The van der Waals surface area contributed by atoms with Crippen molar-refractivity contribution in [3.63, 3.8) is 0 Å². The zero-order valence-electron chi connectivity index (χ0n) is 14.7. The molecule has 126 valence electrons. The topological polar surface area (TPSA) is 38.8 Å². The lowest BCUT2D eigenvalue weighted by molar-refractivity contribution is 0.0258. The second-order valence-electron chi connectivity index (χ2n) is 7.54. The Morgan fingerprint density at radius 2 is 1.91 bits per heavy atom. The molecule has 1 aromatic carbocycles. The van der Waals surface area contributed by atoms with E-state index in [1.165, 1.54) is 22.3 Å². The van der Waals surface area contributed by atoms with Crippen molar-refractivity contribution in [2.75, 3.05) is 19.7 Å². The third-order valence-corrected chi connectivity index (χ3v) is 4.66. The molecule has 0 N–H and O–H groups in total. The molecule has 0 saturated carbocycles. The quantitative estimate of drug-likeness (QED) is 0.733. The Morgan fingerprint density at radius 3 is 2.65 bits per heavy atom. The fourth-order valence-electron chi connectivity index (χ4n) is 3.50. The summed E-state index contributed by atoms with van der Waals surface area (Å²) in [6.07, 6.45) is 3.75. The normalized spacial score (nSPS) is 17.7. The summed E-state index contributed by atoms with van der Waals surface area (Å²) >= 11 is 0. The molecule has 4 heteroatoms. The predicted octanol–water partition coefficient (Wildman–Crippen LogP) is 3.66. The van der Waals surface area contributed by atoms with E-state index in [1.807, 2.05) is 25.7 Å². The van der Waals surface area contributed by atoms with Crippen molar-refractivity contribution in [2.24, 2.45) is 0 Å². The summed E-state index contributed by atoms with van der Waals surface area (Å²) in [5.41, 5.74) is 5.01. The number of nitrogens with zero attached hydrogens (tertiary/aromatic N) is 1. The molecule has 0 radical (unpaired) electrons. The summed E-state index contributed by atoms with van der Waals surface area (Å²) in [6.45, 7) is 10.2. The fourth-order valence-corrected chi connectivity index (χ4v) is 3.50. The third kappa shape index (κ3) is 3.46. The Bertz CT molecular complexity index is 616. The summed E-state index contributed by atoms with van der Waals surface area (Å²) < 4.78 is 11.4. The van der Waals surface area contributed by atoms with Gasteiger partial charge in [0.15, 0.2) is 0 Å². The SMILES string of the molecule is Cc1c2c(cc3c1CCCO3)CCN(C(=O)OC(C)(C)C)CC2. The van der Waals surface area contributed by atoms with E-state index in [1.54, 1.807) is 0 Å². The number of hydrogen-bond donors (Lipinski definition) is 0. The fraction of sp³-hybridized carbons (Fsp3) is 0.632. The molecule has 0 unspecified atom stereocenters. The maximum Gasteiger partial charge on any atom is 0.410 e. The number of fused-ring (bicyclic) bond motifs is 2. The first-order valence-corrected chi connectivity index (χ1v) is 8.60. The molecule has 0 saturated heterocycles. The minimum Gasteiger partial charge on any atom is -0.493 e. The zero-order chi connectivity index (χ0) is 16.6. The molecular weight excluding hydrogens is 290 g/mol. The van der Waals surface area contributed by atoms with E-state index in [2.05, 4.69) is 13.0 Å². The Labute approximate surface area is 138 Å². The van der Waals surface area contributed by atoms with E-state index in [4.69, 9.17) is 9.47 Å². The van der Waals surface area contributed by atoms with Gasteiger partial charge >= 0.3 is 6.09 Å². The highest BCUT2D eigenvalue weighted by molar-refractivity contribution is 5.68. The Kier molecular flexibility index (Phi) is 4.26. The maximum absolute atomic E-state index is 12.3. The summed E-state index contributed by atoms with van der Waals surface area (Å²) in [6, 6.07) is 2.20. The smallest absolute Gasteiger partial charge is 0.410 e. The van der Waals surface area contributed by atoms with Gasteiger partial charge in [-0.1, -0.05) is 0 Å². The number of hydrogen-bond acceptors (Lipinski definition) is 3. The molecule has 0 atom stereocenters. The van der Waals surface area contributed by atoms with Gasteiger partial charge in [0.25, 0.3) is 0 Å². The average Bonchev–Trinajstić information content (AvgIpc) is 2.68. The Hall–Kier alpha value is -1.71. The lowest BCUT2D eigenvalue weighted by Gasteiger charge is -2.26. The highest BCUT2D eigenvalue weighted by atomic mass is 16.6. The van der Waals surface area contributed by atoms with Gasteiger partial charge in [0.1, 0.15) is 11.4 Å². The molecule has 3 rings (SSSR count). The highest BCUT2D eigenvalue weighted by Gasteiger charge is 2.26. The van der Waals surface area contributed by atoms with E-state index >= 15 is 0 Å². The number of ether oxygens (including phenoxy) is 2. The molecule has 2 aliphatic rings. The van der Waals surface area contributed by atoms with Crippen LogP contribution < -0.4 is 4.74 Å². The van der Waals surface area contributed by atoms with Crippen molar-refractivity contribution in [3.05, 3.63) is 28.3 Å². The molecule has 0 bridgehead atoms. The van der Waals surface area contributed by atoms with E-state index < -0.39 is 5.60 Å². The van der Waals surface area contributed by atoms with Gasteiger partial charge in [-0.2, -0.15) is 0 Å². The monoisotopic (exact) mass is 317 g/mol. The number of benzene rings is 1. The number of amides is 1. The van der Waals surface area contributed by atoms with Crippen molar-refractivity contribution < 1.29 is 14.3 Å². The average molecular weight is 317 g/mol. The van der Waals surface area contributed by atoms with Crippen LogP contribution in [0.3, 0.4) is 0 Å². The maximum atomic E-state index is 12.3. The first kappa shape index (κ1) is 16.2. The van der Waals surface area contributed by atoms with Crippen molar-refractivity contribution in [2.45, 2.75) is 59.0 Å². The van der Waals surface area contributed by atoms with Gasteiger partial charge in [0.2, 0.25) is 0 Å². The Balaban J connectivity index is 1.80. The van der Waals surface area contributed by atoms with Crippen molar-refractivity contribution in [3.8, 4) is 5.75 Å². The number of rotatable bonds is 0. The van der Waals surface area contributed by atoms with Crippen LogP contribution in [0, 0.1) is 6.92 Å². The van der Waals surface area contributed by atoms with Crippen LogP contribution in [0.1, 0.15) is 49.4 Å². The van der Waals surface area contributed by atoms with Crippen LogP contribution >= 0.6 is 0 Å². The van der Waals surface area contributed by atoms with Crippen LogP contribution in [-0.4, -0.2) is 36.3 Å². The van der Waals surface area contributed by atoms with E-state index in [9.17, 15) is 4.79 Å². The molecule has 4 nitrogen and oxygen atoms in total. The van der Waals surface area contributed by atoms with Crippen LogP contribution in [0.4, 0.5) is 4.79 Å². The lowest BCUT2D eigenvalue weighted by Crippen LogP contribution is -2.38.